The van der Waals surface area contributed by atoms with E-state index < -0.39 is 42.8 Å². The van der Waals surface area contributed by atoms with Gasteiger partial charge in [-0.2, -0.15) is 0 Å². The van der Waals surface area contributed by atoms with Crippen LogP contribution >= 0.6 is 0 Å². The first-order valence-electron chi connectivity index (χ1n) is 18.6. The largest absolute Gasteiger partial charge is 0.462 e. The van der Waals surface area contributed by atoms with Crippen molar-refractivity contribution < 1.29 is 88.1 Å². The summed E-state index contributed by atoms with van der Waals surface area (Å²) in [6.45, 7) is 11.4. The predicted octanol–water partition coefficient (Wildman–Crippen LogP) is -0.199. The lowest BCUT2D eigenvalue weighted by atomic mass is 10.0. The molecule has 314 valence electrons. The van der Waals surface area contributed by atoms with E-state index in [4.69, 9.17) is 54.7 Å². The first-order chi connectivity index (χ1) is 25.4. The van der Waals surface area contributed by atoms with Crippen molar-refractivity contribution >= 4 is 29.8 Å². The van der Waals surface area contributed by atoms with E-state index in [-0.39, 0.29) is 93.3 Å². The molecule has 6 heterocycles. The molecule has 13 atom stereocenters. The van der Waals surface area contributed by atoms with Crippen LogP contribution in [0.5, 0.6) is 0 Å². The fourth-order valence-electron chi connectivity index (χ4n) is 5.95. The molecule has 6 saturated heterocycles. The summed E-state index contributed by atoms with van der Waals surface area (Å²) in [7, 11) is 0. The lowest BCUT2D eigenvalue weighted by Gasteiger charge is -2.08. The van der Waals surface area contributed by atoms with E-state index in [0.717, 1.165) is 12.8 Å². The summed E-state index contributed by atoms with van der Waals surface area (Å²) in [5.74, 6) is 0.0636. The van der Waals surface area contributed by atoms with Crippen molar-refractivity contribution in [1.82, 2.24) is 0 Å². The SMILES string of the molecule is CC[C@H]1OC(=O)C[C@@H]1C.CC[C@H]1OC(=O)C[C@@H]1C.CC[C@H]1OC(=O)C[C@@H]1O.C[C@H]1CC(=O)O[C@@H]1CO.O=C1C[C@H](O)[C@@H](CO)O1.OC[C@H]1OC(O)C[C@@H]1O. The van der Waals surface area contributed by atoms with Crippen molar-refractivity contribution in [3.05, 3.63) is 0 Å². The molecule has 54 heavy (non-hydrogen) atoms. The van der Waals surface area contributed by atoms with Gasteiger partial charge < -0.3 is 64.2 Å². The molecule has 0 spiro atoms. The second-order valence-electron chi connectivity index (χ2n) is 13.9. The monoisotopic (exact) mass is 782 g/mol. The number of carbonyl (C=O) groups excluding carboxylic acids is 5. The van der Waals surface area contributed by atoms with Crippen molar-refractivity contribution in [3.63, 3.8) is 0 Å². The van der Waals surface area contributed by atoms with Gasteiger partial charge in [-0.15, -0.1) is 0 Å². The van der Waals surface area contributed by atoms with Crippen LogP contribution in [-0.4, -0.2) is 147 Å². The zero-order valence-corrected chi connectivity index (χ0v) is 32.1. The molecule has 0 amide bonds. The van der Waals surface area contributed by atoms with E-state index >= 15 is 0 Å². The third-order valence-corrected chi connectivity index (χ3v) is 9.35. The van der Waals surface area contributed by atoms with E-state index in [9.17, 15) is 24.0 Å². The Morgan fingerprint density at radius 1 is 0.444 bits per heavy atom. The molecule has 7 N–H and O–H groups in total. The lowest BCUT2D eigenvalue weighted by molar-refractivity contribution is -0.143. The molecule has 6 rings (SSSR count). The van der Waals surface area contributed by atoms with E-state index in [2.05, 4.69) is 23.3 Å². The van der Waals surface area contributed by atoms with E-state index in [1.165, 1.54) is 0 Å². The highest BCUT2D eigenvalue weighted by Crippen LogP contribution is 2.24. The van der Waals surface area contributed by atoms with Gasteiger partial charge in [-0.1, -0.05) is 41.5 Å². The number of cyclic esters (lactones) is 5. The maximum Gasteiger partial charge on any atom is 0.309 e. The van der Waals surface area contributed by atoms with Crippen LogP contribution in [0.3, 0.4) is 0 Å². The summed E-state index contributed by atoms with van der Waals surface area (Å²) in [6, 6.07) is 0. The van der Waals surface area contributed by atoms with Gasteiger partial charge in [-0.3, -0.25) is 24.0 Å². The Labute approximate surface area is 316 Å². The third kappa shape index (κ3) is 17.2. The number of aliphatic hydroxyl groups excluding tert-OH is 7. The Hall–Kier alpha value is -2.97. The van der Waals surface area contributed by atoms with Gasteiger partial charge >= 0.3 is 29.8 Å². The molecule has 6 fully saturated rings. The number of rotatable bonds is 6. The topological polar surface area (TPSA) is 282 Å². The van der Waals surface area contributed by atoms with Crippen LogP contribution in [-0.2, 0) is 52.4 Å². The van der Waals surface area contributed by atoms with Crippen molar-refractivity contribution in [1.29, 1.82) is 0 Å². The second kappa shape index (κ2) is 25.2. The molecule has 0 aliphatic carbocycles. The average molecular weight is 783 g/mol. The van der Waals surface area contributed by atoms with Crippen LogP contribution in [0.25, 0.3) is 0 Å². The molecule has 0 aromatic heterocycles. The fraction of sp³-hybridized carbons (Fsp3) is 0.861. The molecule has 0 bridgehead atoms. The smallest absolute Gasteiger partial charge is 0.309 e. The Balaban J connectivity index is 0.000000324. The van der Waals surface area contributed by atoms with E-state index in [1.807, 2.05) is 27.7 Å². The summed E-state index contributed by atoms with van der Waals surface area (Å²) >= 11 is 0. The summed E-state index contributed by atoms with van der Waals surface area (Å²) in [4.78, 5) is 52.5. The van der Waals surface area contributed by atoms with Gasteiger partial charge in [0.25, 0.3) is 0 Å². The molecule has 1 unspecified atom stereocenters. The number of carbonyl (C=O) groups is 5. The zero-order chi connectivity index (χ0) is 41.1. The summed E-state index contributed by atoms with van der Waals surface area (Å²) in [6.07, 6.45) is 0.221. The standard InChI is InChI=1S/2C7H12O2.2C6H10O3.C5H10O4.C5H8O4/c2*1-3-6-5(2)4-7(8)9-6;1-4-2-6(8)9-5(4)3-7;1-2-5-4(7)3-6(8)9-5;2*6-2-4-3(7)1-5(8)9-4/h2*5-6H,3-4H2,1-2H3;2*4-5,7H,2-3H2,1H3;3-8H,1-2H2;3-4,6-7H,1-2H2/t2*5-,6+;2*4-,5+;3-,4+,5?;3-,4+/m000000/s1. The Kier molecular flexibility index (Phi) is 22.9. The molecular formula is C36H62O18. The minimum atomic E-state index is -0.905. The molecule has 18 nitrogen and oxygen atoms in total. The van der Waals surface area contributed by atoms with Crippen molar-refractivity contribution in [3.8, 4) is 0 Å². The van der Waals surface area contributed by atoms with E-state index in [0.29, 0.717) is 37.5 Å². The van der Waals surface area contributed by atoms with Gasteiger partial charge in [-0.05, 0) is 19.3 Å². The van der Waals surface area contributed by atoms with E-state index in [1.54, 1.807) is 0 Å². The molecule has 0 aromatic carbocycles. The lowest BCUT2D eigenvalue weighted by Crippen LogP contribution is -2.24. The highest BCUT2D eigenvalue weighted by molar-refractivity contribution is 5.73. The molecule has 0 radical (unpaired) electrons. The first-order valence-corrected chi connectivity index (χ1v) is 18.6. The van der Waals surface area contributed by atoms with Crippen LogP contribution in [0.2, 0.25) is 0 Å². The van der Waals surface area contributed by atoms with Crippen LogP contribution in [0.4, 0.5) is 0 Å². The van der Waals surface area contributed by atoms with Gasteiger partial charge in [0.1, 0.15) is 42.7 Å². The van der Waals surface area contributed by atoms with Crippen LogP contribution in [0.15, 0.2) is 0 Å². The highest BCUT2D eigenvalue weighted by atomic mass is 16.6. The maximum absolute atomic E-state index is 10.6. The van der Waals surface area contributed by atoms with Gasteiger partial charge in [-0.25, -0.2) is 0 Å². The van der Waals surface area contributed by atoms with Gasteiger partial charge in [0.15, 0.2) is 12.4 Å². The highest BCUT2D eigenvalue weighted by Gasteiger charge is 2.34. The molecular weight excluding hydrogens is 720 g/mol. The number of hydrogen-bond acceptors (Lipinski definition) is 18. The van der Waals surface area contributed by atoms with Gasteiger partial charge in [0, 0.05) is 24.2 Å². The molecule has 18 heteroatoms. The Bertz CT molecular complexity index is 977. The minimum Gasteiger partial charge on any atom is -0.462 e. The normalized spacial score (nSPS) is 36.2. The van der Waals surface area contributed by atoms with Crippen LogP contribution < -0.4 is 0 Å². The quantitative estimate of drug-likeness (QED) is 0.136. The summed E-state index contributed by atoms with van der Waals surface area (Å²) in [5, 5.41) is 60.9. The minimum absolute atomic E-state index is 0.00519. The van der Waals surface area contributed by atoms with Gasteiger partial charge in [0.05, 0.1) is 58.0 Å². The summed E-state index contributed by atoms with van der Waals surface area (Å²) in [5.41, 5.74) is 0. The average Bonchev–Trinajstić information content (AvgIpc) is 3.95. The zero-order valence-electron chi connectivity index (χ0n) is 32.1. The molecule has 0 saturated carbocycles. The molecule has 0 aromatic rings. The van der Waals surface area contributed by atoms with Crippen molar-refractivity contribution in [2.45, 2.75) is 161 Å². The second-order valence-corrected chi connectivity index (χ2v) is 13.9. The number of hydrogen-bond donors (Lipinski definition) is 7. The fourth-order valence-corrected chi connectivity index (χ4v) is 5.95. The molecule has 6 aliphatic heterocycles. The van der Waals surface area contributed by atoms with Crippen LogP contribution in [0, 0.1) is 17.8 Å². The van der Waals surface area contributed by atoms with Crippen molar-refractivity contribution in [2.24, 2.45) is 17.8 Å². The number of esters is 5. The summed E-state index contributed by atoms with van der Waals surface area (Å²) < 4.78 is 28.6. The number of aliphatic hydroxyl groups is 7. The Morgan fingerprint density at radius 2 is 0.759 bits per heavy atom. The Morgan fingerprint density at radius 3 is 0.907 bits per heavy atom. The predicted molar refractivity (Wildman–Crippen MR) is 186 cm³/mol. The first kappa shape index (κ1) is 49.0. The van der Waals surface area contributed by atoms with Crippen molar-refractivity contribution in [2.75, 3.05) is 19.8 Å². The maximum atomic E-state index is 10.6. The third-order valence-electron chi connectivity index (χ3n) is 9.35. The van der Waals surface area contributed by atoms with Gasteiger partial charge in [0.2, 0.25) is 0 Å². The number of ether oxygens (including phenoxy) is 6. The van der Waals surface area contributed by atoms with Crippen LogP contribution in [0.1, 0.15) is 99.3 Å². The molecule has 6 aliphatic rings.